The van der Waals surface area contributed by atoms with Gasteiger partial charge in [0.1, 0.15) is 10.9 Å². The summed E-state index contributed by atoms with van der Waals surface area (Å²) in [6.45, 7) is 2.96. The molecule has 1 aromatic heterocycles. The number of carbonyl (C=O) groups excluding carboxylic acids is 1. The third-order valence-electron chi connectivity index (χ3n) is 3.16. The Balaban J connectivity index is 1.80. The minimum Gasteiger partial charge on any atom is -0.490 e. The summed E-state index contributed by atoms with van der Waals surface area (Å²) in [7, 11) is 0. The Bertz CT molecular complexity index is 784. The van der Waals surface area contributed by atoms with Crippen LogP contribution in [0.15, 0.2) is 40.6 Å². The van der Waals surface area contributed by atoms with E-state index in [2.05, 4.69) is 5.32 Å². The number of benzene rings is 1. The van der Waals surface area contributed by atoms with Gasteiger partial charge in [0.25, 0.3) is 5.91 Å². The van der Waals surface area contributed by atoms with Gasteiger partial charge in [0.2, 0.25) is 0 Å². The Morgan fingerprint density at radius 2 is 2.12 bits per heavy atom. The zero-order chi connectivity index (χ0) is 16.9. The second kappa shape index (κ2) is 7.83. The monoisotopic (exact) mass is 377 g/mol. The SMILES string of the molecule is CCOc1cc(/C=C2\SC(=S)NC2=O)ccc1OCc1cccs1. The lowest BCUT2D eigenvalue weighted by Gasteiger charge is -2.12. The van der Waals surface area contributed by atoms with Gasteiger partial charge in [0.05, 0.1) is 11.5 Å². The van der Waals surface area contributed by atoms with Crippen LogP contribution in [0.3, 0.4) is 0 Å². The third-order valence-corrected chi connectivity index (χ3v) is 5.17. The molecule has 1 aromatic carbocycles. The van der Waals surface area contributed by atoms with E-state index in [0.717, 1.165) is 10.4 Å². The highest BCUT2D eigenvalue weighted by molar-refractivity contribution is 8.26. The largest absolute Gasteiger partial charge is 0.490 e. The molecule has 2 heterocycles. The number of thiophene rings is 1. The van der Waals surface area contributed by atoms with Gasteiger partial charge >= 0.3 is 0 Å². The standard InChI is InChI=1S/C17H15NO3S3/c1-2-20-14-8-11(9-15-16(19)18-17(22)24-15)5-6-13(14)21-10-12-4-3-7-23-12/h3-9H,2,10H2,1H3,(H,18,19,22)/b15-9-. The van der Waals surface area contributed by atoms with Crippen molar-refractivity contribution in [2.75, 3.05) is 6.61 Å². The van der Waals surface area contributed by atoms with E-state index in [9.17, 15) is 4.79 Å². The van der Waals surface area contributed by atoms with Crippen molar-refractivity contribution in [2.24, 2.45) is 0 Å². The van der Waals surface area contributed by atoms with Gasteiger partial charge < -0.3 is 14.8 Å². The van der Waals surface area contributed by atoms with E-state index >= 15 is 0 Å². The topological polar surface area (TPSA) is 47.6 Å². The average Bonchev–Trinajstić information content (AvgIpc) is 3.17. The number of nitrogens with one attached hydrogen (secondary N) is 1. The maximum atomic E-state index is 11.8. The Morgan fingerprint density at radius 1 is 1.25 bits per heavy atom. The predicted octanol–water partition coefficient (Wildman–Crippen LogP) is 4.21. The average molecular weight is 378 g/mol. The zero-order valence-electron chi connectivity index (χ0n) is 12.9. The molecule has 0 saturated carbocycles. The number of ether oxygens (including phenoxy) is 2. The fourth-order valence-electron chi connectivity index (χ4n) is 2.12. The first kappa shape index (κ1) is 17.0. The van der Waals surface area contributed by atoms with Crippen LogP contribution < -0.4 is 14.8 Å². The summed E-state index contributed by atoms with van der Waals surface area (Å²) in [6, 6.07) is 9.66. The van der Waals surface area contributed by atoms with Crippen LogP contribution in [0.5, 0.6) is 11.5 Å². The van der Waals surface area contributed by atoms with Gasteiger partial charge in [-0.3, -0.25) is 4.79 Å². The smallest absolute Gasteiger partial charge is 0.263 e. The van der Waals surface area contributed by atoms with E-state index in [1.807, 2.05) is 42.6 Å². The molecule has 0 unspecified atom stereocenters. The van der Waals surface area contributed by atoms with Gasteiger partial charge in [-0.05, 0) is 42.1 Å². The molecular weight excluding hydrogens is 362 g/mol. The molecule has 1 saturated heterocycles. The van der Waals surface area contributed by atoms with E-state index in [-0.39, 0.29) is 5.91 Å². The van der Waals surface area contributed by atoms with Gasteiger partial charge in [-0.1, -0.05) is 36.1 Å². The third kappa shape index (κ3) is 4.17. The van der Waals surface area contributed by atoms with Gasteiger partial charge in [-0.15, -0.1) is 11.3 Å². The summed E-state index contributed by atoms with van der Waals surface area (Å²) >= 11 is 7.91. The van der Waals surface area contributed by atoms with E-state index in [1.54, 1.807) is 17.4 Å². The van der Waals surface area contributed by atoms with Crippen LogP contribution in [-0.4, -0.2) is 16.8 Å². The van der Waals surface area contributed by atoms with Crippen LogP contribution >= 0.6 is 35.3 Å². The lowest BCUT2D eigenvalue weighted by molar-refractivity contribution is -0.115. The van der Waals surface area contributed by atoms with Crippen LogP contribution in [0, 0.1) is 0 Å². The molecule has 1 fully saturated rings. The van der Waals surface area contributed by atoms with Crippen molar-refractivity contribution in [1.82, 2.24) is 5.32 Å². The Morgan fingerprint density at radius 3 is 2.79 bits per heavy atom. The molecule has 2 aromatic rings. The highest BCUT2D eigenvalue weighted by atomic mass is 32.2. The molecule has 0 bridgehead atoms. The number of rotatable bonds is 6. The summed E-state index contributed by atoms with van der Waals surface area (Å²) in [4.78, 5) is 13.5. The summed E-state index contributed by atoms with van der Waals surface area (Å²) < 4.78 is 12.0. The fraction of sp³-hybridized carbons (Fsp3) is 0.176. The first-order valence-electron chi connectivity index (χ1n) is 7.32. The van der Waals surface area contributed by atoms with Crippen molar-refractivity contribution >= 4 is 51.6 Å². The van der Waals surface area contributed by atoms with E-state index in [0.29, 0.717) is 33.9 Å². The number of amides is 1. The molecule has 0 aliphatic carbocycles. The first-order valence-corrected chi connectivity index (χ1v) is 9.43. The predicted molar refractivity (Wildman–Crippen MR) is 103 cm³/mol. The Kier molecular flexibility index (Phi) is 5.55. The highest BCUT2D eigenvalue weighted by Gasteiger charge is 2.22. The summed E-state index contributed by atoms with van der Waals surface area (Å²) in [5.41, 5.74) is 0.865. The van der Waals surface area contributed by atoms with Crippen LogP contribution in [0.2, 0.25) is 0 Å². The second-order valence-corrected chi connectivity index (χ2v) is 7.61. The molecule has 3 rings (SSSR count). The van der Waals surface area contributed by atoms with Crippen LogP contribution in [0.25, 0.3) is 6.08 Å². The zero-order valence-corrected chi connectivity index (χ0v) is 15.4. The first-order chi connectivity index (χ1) is 11.7. The molecule has 4 nitrogen and oxygen atoms in total. The number of thioether (sulfide) groups is 1. The maximum Gasteiger partial charge on any atom is 0.263 e. The number of thiocarbonyl (C=S) groups is 1. The number of hydrogen-bond donors (Lipinski definition) is 1. The minimum atomic E-state index is -0.166. The molecular formula is C17H15NO3S3. The molecule has 1 N–H and O–H groups in total. The van der Waals surface area contributed by atoms with Gasteiger partial charge in [-0.2, -0.15) is 0 Å². The van der Waals surface area contributed by atoms with Crippen molar-refractivity contribution in [3.8, 4) is 11.5 Å². The van der Waals surface area contributed by atoms with Crippen molar-refractivity contribution in [3.63, 3.8) is 0 Å². The highest BCUT2D eigenvalue weighted by Crippen LogP contribution is 2.32. The number of carbonyl (C=O) groups is 1. The quantitative estimate of drug-likeness (QED) is 0.603. The van der Waals surface area contributed by atoms with Crippen LogP contribution in [0.4, 0.5) is 0 Å². The van der Waals surface area contributed by atoms with Crippen molar-refractivity contribution in [3.05, 3.63) is 51.1 Å². The molecule has 7 heteroatoms. The molecule has 24 heavy (non-hydrogen) atoms. The normalized spacial score (nSPS) is 15.6. The number of hydrogen-bond acceptors (Lipinski definition) is 6. The van der Waals surface area contributed by atoms with Crippen molar-refractivity contribution in [2.45, 2.75) is 13.5 Å². The van der Waals surface area contributed by atoms with Gasteiger partial charge in [0.15, 0.2) is 11.5 Å². The molecule has 0 radical (unpaired) electrons. The molecule has 1 aliphatic heterocycles. The molecule has 124 valence electrons. The Hall–Kier alpha value is -1.83. The van der Waals surface area contributed by atoms with Crippen molar-refractivity contribution in [1.29, 1.82) is 0 Å². The van der Waals surface area contributed by atoms with E-state index < -0.39 is 0 Å². The lowest BCUT2D eigenvalue weighted by Crippen LogP contribution is -2.17. The van der Waals surface area contributed by atoms with E-state index in [4.69, 9.17) is 21.7 Å². The fourth-order valence-corrected chi connectivity index (χ4v) is 3.78. The minimum absolute atomic E-state index is 0.166. The molecule has 1 aliphatic rings. The van der Waals surface area contributed by atoms with E-state index in [1.165, 1.54) is 11.8 Å². The summed E-state index contributed by atoms with van der Waals surface area (Å²) in [5, 5.41) is 4.63. The van der Waals surface area contributed by atoms with Crippen molar-refractivity contribution < 1.29 is 14.3 Å². The molecule has 1 amide bonds. The lowest BCUT2D eigenvalue weighted by atomic mass is 10.2. The molecule has 0 atom stereocenters. The maximum absolute atomic E-state index is 11.8. The van der Waals surface area contributed by atoms with Gasteiger partial charge in [-0.25, -0.2) is 0 Å². The van der Waals surface area contributed by atoms with Gasteiger partial charge in [0, 0.05) is 4.88 Å². The summed E-state index contributed by atoms with van der Waals surface area (Å²) in [6.07, 6.45) is 1.80. The Labute approximate surface area is 153 Å². The van der Waals surface area contributed by atoms with Crippen LogP contribution in [-0.2, 0) is 11.4 Å². The van der Waals surface area contributed by atoms with Crippen LogP contribution in [0.1, 0.15) is 17.4 Å². The molecule has 0 spiro atoms. The summed E-state index contributed by atoms with van der Waals surface area (Å²) in [5.74, 6) is 1.18. The second-order valence-electron chi connectivity index (χ2n) is 4.86.